The van der Waals surface area contributed by atoms with Crippen molar-refractivity contribution in [1.82, 2.24) is 24.3 Å². The Morgan fingerprint density at radius 1 is 1.24 bits per heavy atom. The molecule has 2 aromatic heterocycles. The molecule has 1 aliphatic heterocycles. The SMILES string of the molecule is CCN1CCN(C(=O)c2ccc(-n3ccnc3)nc2)CC1. The van der Waals surface area contributed by atoms with Crippen LogP contribution in [0.25, 0.3) is 5.82 Å². The van der Waals surface area contributed by atoms with Gasteiger partial charge in [0.1, 0.15) is 12.1 Å². The molecule has 6 heteroatoms. The first-order chi connectivity index (χ1) is 10.3. The predicted molar refractivity (Wildman–Crippen MR) is 79.4 cm³/mol. The number of piperazine rings is 1. The van der Waals surface area contributed by atoms with Crippen LogP contribution >= 0.6 is 0 Å². The van der Waals surface area contributed by atoms with Gasteiger partial charge in [-0.25, -0.2) is 9.97 Å². The van der Waals surface area contributed by atoms with Gasteiger partial charge >= 0.3 is 0 Å². The van der Waals surface area contributed by atoms with Crippen molar-refractivity contribution in [1.29, 1.82) is 0 Å². The summed E-state index contributed by atoms with van der Waals surface area (Å²) in [6.45, 7) is 6.66. The maximum Gasteiger partial charge on any atom is 0.255 e. The van der Waals surface area contributed by atoms with E-state index in [2.05, 4.69) is 21.8 Å². The lowest BCUT2D eigenvalue weighted by atomic mass is 10.2. The second-order valence-electron chi connectivity index (χ2n) is 5.10. The van der Waals surface area contributed by atoms with Crippen LogP contribution in [0.5, 0.6) is 0 Å². The van der Waals surface area contributed by atoms with E-state index in [0.717, 1.165) is 38.5 Å². The second kappa shape index (κ2) is 6.05. The molecule has 0 radical (unpaired) electrons. The van der Waals surface area contributed by atoms with Crippen LogP contribution in [0.4, 0.5) is 0 Å². The van der Waals surface area contributed by atoms with Gasteiger partial charge in [-0.3, -0.25) is 9.36 Å². The van der Waals surface area contributed by atoms with Crippen LogP contribution in [0.2, 0.25) is 0 Å². The van der Waals surface area contributed by atoms with E-state index in [1.165, 1.54) is 0 Å². The first-order valence-electron chi connectivity index (χ1n) is 7.24. The minimum Gasteiger partial charge on any atom is -0.336 e. The fraction of sp³-hybridized carbons (Fsp3) is 0.400. The van der Waals surface area contributed by atoms with E-state index in [9.17, 15) is 4.79 Å². The number of rotatable bonds is 3. The molecule has 0 aliphatic carbocycles. The number of likely N-dealkylation sites (N-methyl/N-ethyl adjacent to an activating group) is 1. The molecule has 21 heavy (non-hydrogen) atoms. The number of hydrogen-bond donors (Lipinski definition) is 0. The molecule has 3 heterocycles. The first kappa shape index (κ1) is 13.8. The van der Waals surface area contributed by atoms with Gasteiger partial charge in [-0.1, -0.05) is 6.92 Å². The fourth-order valence-electron chi connectivity index (χ4n) is 2.51. The third-order valence-corrected chi connectivity index (χ3v) is 3.87. The van der Waals surface area contributed by atoms with Crippen LogP contribution < -0.4 is 0 Å². The molecule has 2 aromatic rings. The maximum absolute atomic E-state index is 12.4. The van der Waals surface area contributed by atoms with Gasteiger partial charge in [-0.05, 0) is 18.7 Å². The minimum atomic E-state index is 0.0652. The van der Waals surface area contributed by atoms with E-state index in [0.29, 0.717) is 5.56 Å². The molecule has 0 aromatic carbocycles. The molecule has 1 amide bonds. The third kappa shape index (κ3) is 2.95. The van der Waals surface area contributed by atoms with Crippen molar-refractivity contribution in [3.8, 4) is 5.82 Å². The summed E-state index contributed by atoms with van der Waals surface area (Å²) in [5, 5.41) is 0. The van der Waals surface area contributed by atoms with E-state index >= 15 is 0 Å². The summed E-state index contributed by atoms with van der Waals surface area (Å²) in [5.41, 5.74) is 0.642. The number of aromatic nitrogens is 3. The summed E-state index contributed by atoms with van der Waals surface area (Å²) in [6.07, 6.45) is 6.86. The van der Waals surface area contributed by atoms with Crippen molar-refractivity contribution >= 4 is 5.91 Å². The smallest absolute Gasteiger partial charge is 0.255 e. The summed E-state index contributed by atoms with van der Waals surface area (Å²) >= 11 is 0. The zero-order valence-corrected chi connectivity index (χ0v) is 12.1. The Labute approximate surface area is 124 Å². The zero-order chi connectivity index (χ0) is 14.7. The lowest BCUT2D eigenvalue weighted by Gasteiger charge is -2.34. The predicted octanol–water partition coefficient (Wildman–Crippen LogP) is 1.05. The molecule has 6 nitrogen and oxygen atoms in total. The highest BCUT2D eigenvalue weighted by Crippen LogP contribution is 2.10. The average molecular weight is 285 g/mol. The monoisotopic (exact) mass is 285 g/mol. The highest BCUT2D eigenvalue weighted by Gasteiger charge is 2.21. The van der Waals surface area contributed by atoms with Crippen LogP contribution in [0.15, 0.2) is 37.1 Å². The van der Waals surface area contributed by atoms with Crippen molar-refractivity contribution in [2.45, 2.75) is 6.92 Å². The number of amides is 1. The van der Waals surface area contributed by atoms with E-state index in [4.69, 9.17) is 0 Å². The number of nitrogens with zero attached hydrogens (tertiary/aromatic N) is 5. The average Bonchev–Trinajstić information content (AvgIpc) is 3.09. The molecule has 0 unspecified atom stereocenters. The molecule has 3 rings (SSSR count). The molecule has 1 saturated heterocycles. The summed E-state index contributed by atoms with van der Waals surface area (Å²) in [4.78, 5) is 25.0. The van der Waals surface area contributed by atoms with Crippen molar-refractivity contribution in [2.24, 2.45) is 0 Å². The molecule has 0 atom stereocenters. The Balaban J connectivity index is 1.68. The summed E-state index contributed by atoms with van der Waals surface area (Å²) < 4.78 is 1.81. The minimum absolute atomic E-state index is 0.0652. The standard InChI is InChI=1S/C15H19N5O/c1-2-18-7-9-19(10-8-18)15(21)13-3-4-14(17-11-13)20-6-5-16-12-20/h3-6,11-12H,2,7-10H2,1H3. The van der Waals surface area contributed by atoms with Crippen molar-refractivity contribution < 1.29 is 4.79 Å². The van der Waals surface area contributed by atoms with Crippen LogP contribution in [0.1, 0.15) is 17.3 Å². The van der Waals surface area contributed by atoms with Gasteiger partial charge in [-0.15, -0.1) is 0 Å². The fourth-order valence-corrected chi connectivity index (χ4v) is 2.51. The molecular formula is C15H19N5O. The van der Waals surface area contributed by atoms with Gasteiger partial charge < -0.3 is 9.80 Å². The molecular weight excluding hydrogens is 266 g/mol. The number of carbonyl (C=O) groups is 1. The Kier molecular flexibility index (Phi) is 3.96. The highest BCUT2D eigenvalue weighted by molar-refractivity contribution is 5.94. The van der Waals surface area contributed by atoms with Gasteiger partial charge in [0.05, 0.1) is 5.56 Å². The second-order valence-corrected chi connectivity index (χ2v) is 5.10. The molecule has 110 valence electrons. The van der Waals surface area contributed by atoms with E-state index in [-0.39, 0.29) is 5.91 Å². The van der Waals surface area contributed by atoms with Gasteiger partial charge in [0, 0.05) is 44.8 Å². The number of imidazole rings is 1. The highest BCUT2D eigenvalue weighted by atomic mass is 16.2. The number of pyridine rings is 1. The van der Waals surface area contributed by atoms with Crippen LogP contribution in [0.3, 0.4) is 0 Å². The Morgan fingerprint density at radius 2 is 2.05 bits per heavy atom. The Morgan fingerprint density at radius 3 is 2.62 bits per heavy atom. The van der Waals surface area contributed by atoms with E-state index < -0.39 is 0 Å². The lowest BCUT2D eigenvalue weighted by molar-refractivity contribution is 0.0643. The van der Waals surface area contributed by atoms with Gasteiger partial charge in [-0.2, -0.15) is 0 Å². The molecule has 0 spiro atoms. The summed E-state index contributed by atoms with van der Waals surface area (Å²) in [7, 11) is 0. The molecule has 1 fully saturated rings. The van der Waals surface area contributed by atoms with Crippen LogP contribution in [0, 0.1) is 0 Å². The van der Waals surface area contributed by atoms with Crippen LogP contribution in [-0.2, 0) is 0 Å². The molecule has 0 bridgehead atoms. The van der Waals surface area contributed by atoms with Gasteiger partial charge in [0.2, 0.25) is 0 Å². The Bertz CT molecular complexity index is 585. The molecule has 0 saturated carbocycles. The van der Waals surface area contributed by atoms with Crippen molar-refractivity contribution in [3.63, 3.8) is 0 Å². The summed E-state index contributed by atoms with van der Waals surface area (Å²) in [5.74, 6) is 0.829. The van der Waals surface area contributed by atoms with Crippen molar-refractivity contribution in [3.05, 3.63) is 42.6 Å². The maximum atomic E-state index is 12.4. The number of hydrogen-bond acceptors (Lipinski definition) is 4. The van der Waals surface area contributed by atoms with Crippen molar-refractivity contribution in [2.75, 3.05) is 32.7 Å². The van der Waals surface area contributed by atoms with Gasteiger partial charge in [0.25, 0.3) is 5.91 Å². The van der Waals surface area contributed by atoms with Gasteiger partial charge in [0.15, 0.2) is 0 Å². The molecule has 1 aliphatic rings. The number of carbonyl (C=O) groups excluding carboxylic acids is 1. The Hall–Kier alpha value is -2.21. The topological polar surface area (TPSA) is 54.3 Å². The lowest BCUT2D eigenvalue weighted by Crippen LogP contribution is -2.48. The molecule has 0 N–H and O–H groups in total. The zero-order valence-electron chi connectivity index (χ0n) is 12.1. The van der Waals surface area contributed by atoms with E-state index in [1.807, 2.05) is 27.8 Å². The summed E-state index contributed by atoms with van der Waals surface area (Å²) in [6, 6.07) is 3.67. The largest absolute Gasteiger partial charge is 0.336 e. The van der Waals surface area contributed by atoms with Crippen LogP contribution in [-0.4, -0.2) is 63.0 Å². The third-order valence-electron chi connectivity index (χ3n) is 3.87. The first-order valence-corrected chi connectivity index (χ1v) is 7.24. The normalized spacial score (nSPS) is 16.1. The quantitative estimate of drug-likeness (QED) is 0.845. The van der Waals surface area contributed by atoms with E-state index in [1.54, 1.807) is 18.7 Å².